The Kier molecular flexibility index (Phi) is 8.99. The largest absolute Gasteiger partial charge is 0.496 e. The van der Waals surface area contributed by atoms with Crippen LogP contribution in [-0.2, 0) is 9.53 Å². The van der Waals surface area contributed by atoms with E-state index in [4.69, 9.17) is 19.2 Å². The first-order chi connectivity index (χ1) is 20.0. The normalized spacial score (nSPS) is 12.1. The SMILES string of the molecule is CCOC(=O)[C@@H](C)Oc1ccc([N+](=O)[O-])cc1C=Nn1c(-c2cc(C(C)C)c(OC)cc2C)nc2ccccc2c1=O. The third-order valence-electron chi connectivity index (χ3n) is 6.63. The molecule has 3 aromatic carbocycles. The number of nitro groups is 1. The predicted octanol–water partition coefficient (Wildman–Crippen LogP) is 5.62. The molecule has 0 aliphatic rings. The third kappa shape index (κ3) is 6.14. The number of hydrogen-bond acceptors (Lipinski definition) is 9. The Morgan fingerprint density at radius 1 is 1.12 bits per heavy atom. The molecule has 218 valence electrons. The van der Waals surface area contributed by atoms with E-state index in [0.717, 1.165) is 16.9 Å². The molecule has 4 rings (SSSR count). The molecule has 1 heterocycles. The van der Waals surface area contributed by atoms with Crippen molar-refractivity contribution in [1.82, 2.24) is 9.66 Å². The molecule has 0 fully saturated rings. The zero-order valence-corrected chi connectivity index (χ0v) is 24.3. The van der Waals surface area contributed by atoms with Crippen molar-refractivity contribution in [3.05, 3.63) is 91.8 Å². The van der Waals surface area contributed by atoms with Crippen molar-refractivity contribution in [2.75, 3.05) is 13.7 Å². The van der Waals surface area contributed by atoms with Crippen LogP contribution in [0.5, 0.6) is 11.5 Å². The van der Waals surface area contributed by atoms with Gasteiger partial charge in [-0.05, 0) is 68.1 Å². The monoisotopic (exact) mass is 572 g/mol. The maximum Gasteiger partial charge on any atom is 0.347 e. The Morgan fingerprint density at radius 2 is 1.86 bits per heavy atom. The molecule has 1 atom stereocenters. The number of carbonyl (C=O) groups excluding carboxylic acids is 1. The summed E-state index contributed by atoms with van der Waals surface area (Å²) in [4.78, 5) is 41.8. The second-order valence-electron chi connectivity index (χ2n) is 9.87. The summed E-state index contributed by atoms with van der Waals surface area (Å²) in [5, 5.41) is 16.4. The van der Waals surface area contributed by atoms with Gasteiger partial charge in [-0.3, -0.25) is 14.9 Å². The molecule has 0 N–H and O–H groups in total. The quantitative estimate of drug-likeness (QED) is 0.103. The third-order valence-corrected chi connectivity index (χ3v) is 6.63. The number of hydrogen-bond donors (Lipinski definition) is 0. The van der Waals surface area contributed by atoms with E-state index in [1.54, 1.807) is 38.3 Å². The highest BCUT2D eigenvalue weighted by Crippen LogP contribution is 2.34. The number of nitro benzene ring substituents is 1. The molecule has 0 spiro atoms. The van der Waals surface area contributed by atoms with Crippen molar-refractivity contribution in [3.63, 3.8) is 0 Å². The van der Waals surface area contributed by atoms with Crippen LogP contribution in [-0.4, -0.2) is 46.6 Å². The van der Waals surface area contributed by atoms with Gasteiger partial charge in [-0.2, -0.15) is 9.78 Å². The minimum atomic E-state index is -0.990. The Labute approximate surface area is 242 Å². The van der Waals surface area contributed by atoms with Crippen molar-refractivity contribution < 1.29 is 23.9 Å². The molecule has 42 heavy (non-hydrogen) atoms. The van der Waals surface area contributed by atoms with E-state index in [0.29, 0.717) is 16.5 Å². The Balaban J connectivity index is 1.93. The molecule has 1 aromatic heterocycles. The van der Waals surface area contributed by atoms with E-state index >= 15 is 0 Å². The number of methoxy groups -OCH3 is 1. The number of para-hydroxylation sites is 1. The zero-order valence-electron chi connectivity index (χ0n) is 24.3. The van der Waals surface area contributed by atoms with Crippen LogP contribution < -0.4 is 15.0 Å². The molecule has 4 aromatic rings. The van der Waals surface area contributed by atoms with Gasteiger partial charge in [0.15, 0.2) is 11.9 Å². The van der Waals surface area contributed by atoms with E-state index in [-0.39, 0.29) is 35.3 Å². The molecule has 0 radical (unpaired) electrons. The number of non-ortho nitro benzene ring substituents is 1. The summed E-state index contributed by atoms with van der Waals surface area (Å²) < 4.78 is 17.6. The van der Waals surface area contributed by atoms with E-state index < -0.39 is 22.6 Å². The summed E-state index contributed by atoms with van der Waals surface area (Å²) >= 11 is 0. The molecule has 0 amide bonds. The van der Waals surface area contributed by atoms with Crippen molar-refractivity contribution in [2.45, 2.75) is 46.6 Å². The van der Waals surface area contributed by atoms with Gasteiger partial charge in [0.25, 0.3) is 11.2 Å². The van der Waals surface area contributed by atoms with Crippen LogP contribution in [0.2, 0.25) is 0 Å². The summed E-state index contributed by atoms with van der Waals surface area (Å²) in [6.45, 7) is 9.32. The highest BCUT2D eigenvalue weighted by atomic mass is 16.6. The molecule has 11 heteroatoms. The van der Waals surface area contributed by atoms with Gasteiger partial charge in [0.05, 0.1) is 35.8 Å². The fourth-order valence-corrected chi connectivity index (χ4v) is 4.45. The molecular weight excluding hydrogens is 540 g/mol. The van der Waals surface area contributed by atoms with E-state index in [9.17, 15) is 19.7 Å². The van der Waals surface area contributed by atoms with Crippen LogP contribution in [0.4, 0.5) is 5.69 Å². The van der Waals surface area contributed by atoms with Crippen molar-refractivity contribution in [2.24, 2.45) is 5.10 Å². The molecule has 0 saturated carbocycles. The van der Waals surface area contributed by atoms with Gasteiger partial charge >= 0.3 is 5.97 Å². The minimum absolute atomic E-state index is 0.120. The molecular formula is C31H32N4O7. The fraction of sp³-hybridized carbons (Fsp3) is 0.290. The standard InChI is InChI=1S/C31H32N4O7/c1-7-41-31(37)20(5)42-27-13-12-22(35(38)39)15-21(27)17-32-34-29(33-26-11-9-8-10-23(26)30(34)36)25-16-24(18(2)3)28(40-6)14-19(25)4/h8-18,20H,7H2,1-6H3/t20-/m1/s1. The lowest BCUT2D eigenvalue weighted by molar-refractivity contribution is -0.384. The molecule has 0 aliphatic carbocycles. The van der Waals surface area contributed by atoms with Gasteiger partial charge in [-0.15, -0.1) is 0 Å². The molecule has 0 unspecified atom stereocenters. The topological polar surface area (TPSA) is 135 Å². The number of carbonyl (C=O) groups is 1. The number of benzene rings is 3. The summed E-state index contributed by atoms with van der Waals surface area (Å²) in [5.41, 5.74) is 2.44. The number of esters is 1. The van der Waals surface area contributed by atoms with Crippen molar-refractivity contribution >= 4 is 28.8 Å². The van der Waals surface area contributed by atoms with Crippen molar-refractivity contribution in [1.29, 1.82) is 0 Å². The molecule has 11 nitrogen and oxygen atoms in total. The number of rotatable bonds is 10. The van der Waals surface area contributed by atoms with E-state index in [1.165, 1.54) is 36.0 Å². The predicted molar refractivity (Wildman–Crippen MR) is 160 cm³/mol. The number of nitrogens with zero attached hydrogens (tertiary/aromatic N) is 4. The summed E-state index contributed by atoms with van der Waals surface area (Å²) in [7, 11) is 1.61. The lowest BCUT2D eigenvalue weighted by atomic mass is 9.96. The van der Waals surface area contributed by atoms with Crippen LogP contribution >= 0.6 is 0 Å². The molecule has 0 bridgehead atoms. The Hall–Kier alpha value is -5.06. The average Bonchev–Trinajstić information content (AvgIpc) is 2.96. The maximum atomic E-state index is 13.8. The van der Waals surface area contributed by atoms with Crippen LogP contribution in [0.15, 0.2) is 64.5 Å². The number of ether oxygens (including phenoxy) is 3. The first-order valence-electron chi connectivity index (χ1n) is 13.4. The lowest BCUT2D eigenvalue weighted by Gasteiger charge is -2.17. The second kappa shape index (κ2) is 12.6. The van der Waals surface area contributed by atoms with Gasteiger partial charge < -0.3 is 14.2 Å². The summed E-state index contributed by atoms with van der Waals surface area (Å²) in [5.74, 6) is 0.681. The molecule has 0 aliphatic heterocycles. The summed E-state index contributed by atoms with van der Waals surface area (Å²) in [6, 6.07) is 14.7. The van der Waals surface area contributed by atoms with Gasteiger partial charge in [0.2, 0.25) is 0 Å². The van der Waals surface area contributed by atoms with Crippen LogP contribution in [0, 0.1) is 17.0 Å². The zero-order chi connectivity index (χ0) is 30.6. The van der Waals surface area contributed by atoms with Crippen LogP contribution in [0.25, 0.3) is 22.3 Å². The number of fused-ring (bicyclic) bond motifs is 1. The first kappa shape index (κ1) is 29.9. The van der Waals surface area contributed by atoms with Gasteiger partial charge in [0.1, 0.15) is 11.5 Å². The van der Waals surface area contributed by atoms with Crippen LogP contribution in [0.1, 0.15) is 50.3 Å². The molecule has 0 saturated heterocycles. The van der Waals surface area contributed by atoms with Gasteiger partial charge in [0, 0.05) is 23.3 Å². The lowest BCUT2D eigenvalue weighted by Crippen LogP contribution is -2.26. The van der Waals surface area contributed by atoms with Crippen LogP contribution in [0.3, 0.4) is 0 Å². The minimum Gasteiger partial charge on any atom is -0.496 e. The average molecular weight is 573 g/mol. The highest BCUT2D eigenvalue weighted by Gasteiger charge is 2.21. The van der Waals surface area contributed by atoms with Crippen molar-refractivity contribution in [3.8, 4) is 22.9 Å². The Morgan fingerprint density at radius 3 is 2.52 bits per heavy atom. The highest BCUT2D eigenvalue weighted by molar-refractivity contribution is 5.86. The maximum absolute atomic E-state index is 13.8. The number of aryl methyl sites for hydroxylation is 1. The smallest absolute Gasteiger partial charge is 0.347 e. The van der Waals surface area contributed by atoms with E-state index in [1.807, 2.05) is 32.9 Å². The summed E-state index contributed by atoms with van der Waals surface area (Å²) in [6.07, 6.45) is 0.291. The number of aromatic nitrogens is 2. The fourth-order valence-electron chi connectivity index (χ4n) is 4.45. The van der Waals surface area contributed by atoms with E-state index in [2.05, 4.69) is 5.10 Å². The van der Waals surface area contributed by atoms with Gasteiger partial charge in [-0.25, -0.2) is 9.78 Å². The second-order valence-corrected chi connectivity index (χ2v) is 9.87. The van der Waals surface area contributed by atoms with Gasteiger partial charge in [-0.1, -0.05) is 26.0 Å². The Bertz CT molecular complexity index is 1740. The first-order valence-corrected chi connectivity index (χ1v) is 13.4.